The Hall–Kier alpha value is -2.52. The van der Waals surface area contributed by atoms with Crippen molar-refractivity contribution in [2.75, 3.05) is 0 Å². The maximum atomic E-state index is 13.4. The number of rotatable bonds is 9. The van der Waals surface area contributed by atoms with Crippen LogP contribution >= 0.6 is 12.2 Å². The van der Waals surface area contributed by atoms with Gasteiger partial charge in [0, 0.05) is 11.6 Å². The van der Waals surface area contributed by atoms with E-state index in [1.165, 1.54) is 0 Å². The van der Waals surface area contributed by atoms with Crippen LogP contribution in [0.5, 0.6) is 0 Å². The van der Waals surface area contributed by atoms with Gasteiger partial charge in [0.15, 0.2) is 6.10 Å². The average molecular weight is 489 g/mol. The molecule has 186 valence electrons. The van der Waals surface area contributed by atoms with E-state index >= 15 is 0 Å². The molecule has 1 saturated carbocycles. The Morgan fingerprint density at radius 1 is 1.18 bits per heavy atom. The topological polar surface area (TPSA) is 109 Å². The molecule has 8 nitrogen and oxygen atoms in total. The van der Waals surface area contributed by atoms with Gasteiger partial charge in [0.05, 0.1) is 18.0 Å². The normalized spacial score (nSPS) is 20.2. The van der Waals surface area contributed by atoms with Gasteiger partial charge in [-0.25, -0.2) is 4.68 Å². The van der Waals surface area contributed by atoms with Gasteiger partial charge in [-0.05, 0) is 63.4 Å². The van der Waals surface area contributed by atoms with Crippen LogP contribution in [0.1, 0.15) is 88.2 Å². The van der Waals surface area contributed by atoms with Crippen LogP contribution in [0.25, 0.3) is 0 Å². The molecule has 9 heteroatoms. The zero-order chi connectivity index (χ0) is 24.8. The molecule has 0 bridgehead atoms. The molecule has 0 aliphatic heterocycles. The Morgan fingerprint density at radius 3 is 2.47 bits per heavy atom. The van der Waals surface area contributed by atoms with Gasteiger partial charge in [-0.2, -0.15) is 0 Å². The third-order valence-electron chi connectivity index (χ3n) is 6.22. The van der Waals surface area contributed by atoms with Crippen molar-refractivity contribution in [3.8, 4) is 0 Å². The zero-order valence-corrected chi connectivity index (χ0v) is 21.2. The van der Waals surface area contributed by atoms with Crippen molar-refractivity contribution in [1.29, 1.82) is 0 Å². The molecule has 1 aliphatic rings. The predicted octanol–water partition coefficient (Wildman–Crippen LogP) is 4.34. The first-order chi connectivity index (χ1) is 16.2. The van der Waals surface area contributed by atoms with Crippen LogP contribution < -0.4 is 10.6 Å². The Kier molecular flexibility index (Phi) is 9.02. The molecule has 34 heavy (non-hydrogen) atoms. The molecular formula is C25H36N4O4S. The molecule has 2 aromatic rings. The van der Waals surface area contributed by atoms with Gasteiger partial charge in [-0.3, -0.25) is 9.59 Å². The lowest BCUT2D eigenvalue weighted by molar-refractivity contribution is -0.128. The summed E-state index contributed by atoms with van der Waals surface area (Å²) in [5.41, 5.74) is 0.572. The van der Waals surface area contributed by atoms with Crippen molar-refractivity contribution >= 4 is 24.0 Å². The van der Waals surface area contributed by atoms with Gasteiger partial charge in [-0.1, -0.05) is 44.9 Å². The number of hydrogen-bond donors (Lipinski definition) is 3. The zero-order valence-electron chi connectivity index (χ0n) is 20.4. The number of aliphatic hydroxyl groups is 1. The minimum absolute atomic E-state index is 0.00781. The molecule has 1 fully saturated rings. The van der Waals surface area contributed by atoms with Crippen molar-refractivity contribution in [3.05, 3.63) is 46.6 Å². The number of benzene rings is 1. The molecule has 1 aromatic carbocycles. The van der Waals surface area contributed by atoms with E-state index in [-0.39, 0.29) is 46.5 Å². The standard InChI is InChI=1S/C25H36N4O4S/c1-15(2)14-20(21(30)24-28-29(16(3)4)25(34)33-24)27-23(32)18-12-8-9-13-19(18)26-22(31)17-10-6-5-7-11-17/h5-7,10-11,15-16,18-21,30H,8-9,12-14H2,1-4H3,(H,26,31)(H,27,32)/t18-,19+,20+,21?/m1/s1. The van der Waals surface area contributed by atoms with E-state index in [0.29, 0.717) is 18.4 Å². The molecule has 0 spiro atoms. The lowest BCUT2D eigenvalue weighted by Gasteiger charge is -2.33. The Bertz CT molecular complexity index is 1020. The Morgan fingerprint density at radius 2 is 1.85 bits per heavy atom. The molecule has 3 rings (SSSR count). The number of hydrogen-bond acceptors (Lipinski definition) is 6. The van der Waals surface area contributed by atoms with Gasteiger partial charge in [0.2, 0.25) is 11.8 Å². The van der Waals surface area contributed by atoms with E-state index in [1.807, 2.05) is 45.9 Å². The van der Waals surface area contributed by atoms with Gasteiger partial charge >= 0.3 is 0 Å². The minimum Gasteiger partial charge on any atom is -0.411 e. The second kappa shape index (κ2) is 11.8. The van der Waals surface area contributed by atoms with Gasteiger partial charge in [-0.15, -0.1) is 5.10 Å². The summed E-state index contributed by atoms with van der Waals surface area (Å²) < 4.78 is 7.10. The van der Waals surface area contributed by atoms with E-state index < -0.39 is 12.1 Å². The Labute approximate surface area is 206 Å². The number of amides is 2. The number of nitrogens with one attached hydrogen (secondary N) is 2. The van der Waals surface area contributed by atoms with Crippen molar-refractivity contribution in [2.24, 2.45) is 11.8 Å². The minimum atomic E-state index is -1.13. The largest absolute Gasteiger partial charge is 0.411 e. The fourth-order valence-electron chi connectivity index (χ4n) is 4.44. The predicted molar refractivity (Wildman–Crippen MR) is 132 cm³/mol. The summed E-state index contributed by atoms with van der Waals surface area (Å²) in [4.78, 5) is 26.3. The maximum absolute atomic E-state index is 13.4. The smallest absolute Gasteiger partial charge is 0.287 e. The third kappa shape index (κ3) is 6.54. The van der Waals surface area contributed by atoms with Crippen LogP contribution in [-0.4, -0.2) is 38.8 Å². The van der Waals surface area contributed by atoms with E-state index in [2.05, 4.69) is 15.7 Å². The summed E-state index contributed by atoms with van der Waals surface area (Å²) in [7, 11) is 0. The fourth-order valence-corrected chi connectivity index (χ4v) is 4.78. The first-order valence-electron chi connectivity index (χ1n) is 12.1. The van der Waals surface area contributed by atoms with Crippen molar-refractivity contribution in [3.63, 3.8) is 0 Å². The summed E-state index contributed by atoms with van der Waals surface area (Å²) >= 11 is 5.22. The summed E-state index contributed by atoms with van der Waals surface area (Å²) in [6, 6.07) is 8.15. The summed E-state index contributed by atoms with van der Waals surface area (Å²) in [6.07, 6.45) is 2.70. The first-order valence-corrected chi connectivity index (χ1v) is 12.5. The third-order valence-corrected chi connectivity index (χ3v) is 6.49. The number of aromatic nitrogens is 2. The monoisotopic (exact) mass is 488 g/mol. The van der Waals surface area contributed by atoms with E-state index in [1.54, 1.807) is 16.8 Å². The molecule has 4 atom stereocenters. The van der Waals surface area contributed by atoms with Crippen LogP contribution in [0.15, 0.2) is 34.7 Å². The van der Waals surface area contributed by atoms with Crippen LogP contribution in [0.4, 0.5) is 0 Å². The lowest BCUT2D eigenvalue weighted by atomic mass is 9.83. The SMILES string of the molecule is CC(C)C[C@H](NC(=O)[C@@H]1CCCC[C@@H]1NC(=O)c1ccccc1)C(O)c1nn(C(C)C)c(=S)o1. The fraction of sp³-hybridized carbons (Fsp3) is 0.600. The van der Waals surface area contributed by atoms with E-state index in [0.717, 1.165) is 19.3 Å². The molecular weight excluding hydrogens is 452 g/mol. The number of aliphatic hydroxyl groups excluding tert-OH is 1. The van der Waals surface area contributed by atoms with Crippen molar-refractivity contribution in [1.82, 2.24) is 20.4 Å². The second-order valence-electron chi connectivity index (χ2n) is 9.77. The van der Waals surface area contributed by atoms with Crippen LogP contribution in [0.2, 0.25) is 0 Å². The lowest BCUT2D eigenvalue weighted by Crippen LogP contribution is -2.51. The van der Waals surface area contributed by atoms with Crippen LogP contribution in [0.3, 0.4) is 0 Å². The molecule has 1 aromatic heterocycles. The summed E-state index contributed by atoms with van der Waals surface area (Å²) in [5.74, 6) is -0.412. The van der Waals surface area contributed by atoms with Gasteiger partial charge < -0.3 is 20.2 Å². The highest BCUT2D eigenvalue weighted by atomic mass is 32.1. The number of carbonyl (C=O) groups excluding carboxylic acids is 2. The first kappa shape index (κ1) is 26.1. The summed E-state index contributed by atoms with van der Waals surface area (Å²) in [6.45, 7) is 7.90. The highest BCUT2D eigenvalue weighted by Gasteiger charge is 2.35. The van der Waals surface area contributed by atoms with Crippen LogP contribution in [-0.2, 0) is 4.79 Å². The molecule has 0 radical (unpaired) electrons. The summed E-state index contributed by atoms with van der Waals surface area (Å²) in [5, 5.41) is 21.5. The molecule has 1 heterocycles. The number of carbonyl (C=O) groups is 2. The molecule has 3 N–H and O–H groups in total. The maximum Gasteiger partial charge on any atom is 0.287 e. The van der Waals surface area contributed by atoms with E-state index in [9.17, 15) is 14.7 Å². The van der Waals surface area contributed by atoms with Gasteiger partial charge in [0.25, 0.3) is 10.7 Å². The molecule has 1 aliphatic carbocycles. The van der Waals surface area contributed by atoms with Crippen LogP contribution in [0, 0.1) is 16.7 Å². The second-order valence-corrected chi connectivity index (χ2v) is 10.1. The molecule has 0 saturated heterocycles. The highest BCUT2D eigenvalue weighted by Crippen LogP contribution is 2.27. The average Bonchev–Trinajstić information content (AvgIpc) is 3.20. The Balaban J connectivity index is 1.74. The highest BCUT2D eigenvalue weighted by molar-refractivity contribution is 7.71. The quantitative estimate of drug-likeness (QED) is 0.453. The van der Waals surface area contributed by atoms with Crippen molar-refractivity contribution < 1.29 is 19.1 Å². The van der Waals surface area contributed by atoms with Gasteiger partial charge in [0.1, 0.15) is 0 Å². The van der Waals surface area contributed by atoms with E-state index in [4.69, 9.17) is 16.6 Å². The number of nitrogens with zero attached hydrogens (tertiary/aromatic N) is 2. The van der Waals surface area contributed by atoms with Crippen molar-refractivity contribution in [2.45, 2.75) is 84.0 Å². The molecule has 2 amide bonds. The molecule has 1 unspecified atom stereocenters.